The van der Waals surface area contributed by atoms with Gasteiger partial charge in [0, 0.05) is 13.2 Å². The number of aliphatic hydroxyl groups is 1. The maximum atomic E-state index is 13.3. The Balaban J connectivity index is 2.95. The first-order chi connectivity index (χ1) is 8.93. The summed E-state index contributed by atoms with van der Waals surface area (Å²) in [4.78, 5) is 0. The highest BCUT2D eigenvalue weighted by Crippen LogP contribution is 2.27. The van der Waals surface area contributed by atoms with Gasteiger partial charge in [-0.05, 0) is 12.3 Å². The Morgan fingerprint density at radius 2 is 1.42 bits per heavy atom. The molecule has 2 N–H and O–H groups in total. The second kappa shape index (κ2) is 6.70. The Kier molecular flexibility index (Phi) is 5.53. The molecule has 0 aliphatic carbocycles. The summed E-state index contributed by atoms with van der Waals surface area (Å²) in [6.45, 7) is 1.69. The Morgan fingerprint density at radius 3 is 1.84 bits per heavy atom. The first-order valence-electron chi connectivity index (χ1n) is 5.80. The van der Waals surface area contributed by atoms with Crippen molar-refractivity contribution in [3.05, 3.63) is 29.1 Å². The zero-order valence-electron chi connectivity index (χ0n) is 10.2. The van der Waals surface area contributed by atoms with Gasteiger partial charge in [-0.2, -0.15) is 0 Å². The van der Waals surface area contributed by atoms with E-state index in [1.165, 1.54) is 0 Å². The summed E-state index contributed by atoms with van der Waals surface area (Å²) in [7, 11) is 0. The highest BCUT2D eigenvalue weighted by Gasteiger charge is 2.25. The predicted octanol–water partition coefficient (Wildman–Crippen LogP) is 3.20. The number of anilines is 1. The van der Waals surface area contributed by atoms with Crippen LogP contribution in [0.15, 0.2) is 0 Å². The normalized spacial score (nSPS) is 12.6. The molecule has 0 amide bonds. The highest BCUT2D eigenvalue weighted by atomic mass is 19.2. The molecule has 1 unspecified atom stereocenters. The first-order valence-corrected chi connectivity index (χ1v) is 5.80. The molecule has 108 valence electrons. The number of nitrogens with one attached hydrogen (secondary N) is 1. The Labute approximate surface area is 107 Å². The quantitative estimate of drug-likeness (QED) is 0.477. The van der Waals surface area contributed by atoms with Crippen LogP contribution in [0.4, 0.5) is 27.6 Å². The number of aliphatic hydroxyl groups excluding tert-OH is 1. The molecule has 0 aliphatic heterocycles. The molecule has 1 aromatic carbocycles. The molecule has 2 nitrogen and oxygen atoms in total. The van der Waals surface area contributed by atoms with Gasteiger partial charge in [-0.25, -0.2) is 22.0 Å². The van der Waals surface area contributed by atoms with Crippen LogP contribution in [0.25, 0.3) is 0 Å². The maximum Gasteiger partial charge on any atom is 0.200 e. The molecule has 0 aliphatic rings. The van der Waals surface area contributed by atoms with Gasteiger partial charge in [0.1, 0.15) is 5.69 Å². The minimum absolute atomic E-state index is 0.00934. The van der Waals surface area contributed by atoms with Gasteiger partial charge in [-0.15, -0.1) is 0 Å². The zero-order valence-corrected chi connectivity index (χ0v) is 10.2. The standard InChI is InChI=1S/C12H14F5NO/c1-2-6(3-4-19)5-18-12-10(16)8(14)7(13)9(15)11(12)17/h6,18-19H,2-5H2,1H3. The summed E-state index contributed by atoms with van der Waals surface area (Å²) in [5, 5.41) is 11.0. The fraction of sp³-hybridized carbons (Fsp3) is 0.500. The van der Waals surface area contributed by atoms with Gasteiger partial charge >= 0.3 is 0 Å². The molecule has 1 aromatic rings. The van der Waals surface area contributed by atoms with Crippen LogP contribution in [0.5, 0.6) is 0 Å². The van der Waals surface area contributed by atoms with Crippen molar-refractivity contribution in [1.82, 2.24) is 0 Å². The fourth-order valence-electron chi connectivity index (χ4n) is 1.64. The van der Waals surface area contributed by atoms with E-state index in [1.54, 1.807) is 6.92 Å². The molecule has 0 fully saturated rings. The molecule has 0 spiro atoms. The second-order valence-corrected chi connectivity index (χ2v) is 4.11. The van der Waals surface area contributed by atoms with Crippen molar-refractivity contribution >= 4 is 5.69 Å². The predicted molar refractivity (Wildman–Crippen MR) is 60.2 cm³/mol. The molecular weight excluding hydrogens is 269 g/mol. The number of benzene rings is 1. The zero-order chi connectivity index (χ0) is 14.6. The summed E-state index contributed by atoms with van der Waals surface area (Å²) >= 11 is 0. The summed E-state index contributed by atoms with van der Waals surface area (Å²) in [6, 6.07) is 0. The molecule has 0 heterocycles. The average molecular weight is 283 g/mol. The van der Waals surface area contributed by atoms with E-state index in [-0.39, 0.29) is 19.1 Å². The van der Waals surface area contributed by atoms with E-state index in [0.29, 0.717) is 12.8 Å². The number of halogens is 5. The Hall–Kier alpha value is -1.37. The SMILES string of the molecule is CCC(CCO)CNc1c(F)c(F)c(F)c(F)c1F. The van der Waals surface area contributed by atoms with Crippen molar-refractivity contribution in [1.29, 1.82) is 0 Å². The summed E-state index contributed by atoms with van der Waals surface area (Å²) in [6.07, 6.45) is 0.974. The van der Waals surface area contributed by atoms with E-state index >= 15 is 0 Å². The van der Waals surface area contributed by atoms with Crippen LogP contribution in [-0.4, -0.2) is 18.3 Å². The maximum absolute atomic E-state index is 13.3. The molecular formula is C12H14F5NO. The highest BCUT2D eigenvalue weighted by molar-refractivity contribution is 5.47. The van der Waals surface area contributed by atoms with E-state index in [2.05, 4.69) is 5.32 Å². The lowest BCUT2D eigenvalue weighted by Gasteiger charge is -2.16. The van der Waals surface area contributed by atoms with Crippen LogP contribution in [0, 0.1) is 35.0 Å². The minimum atomic E-state index is -2.18. The molecule has 1 rings (SSSR count). The van der Waals surface area contributed by atoms with Crippen LogP contribution >= 0.6 is 0 Å². The summed E-state index contributed by atoms with van der Waals surface area (Å²) in [5.74, 6) is -10.0. The van der Waals surface area contributed by atoms with E-state index in [9.17, 15) is 22.0 Å². The third kappa shape index (κ3) is 3.34. The fourth-order valence-corrected chi connectivity index (χ4v) is 1.64. The van der Waals surface area contributed by atoms with Crippen molar-refractivity contribution in [2.45, 2.75) is 19.8 Å². The third-order valence-corrected chi connectivity index (χ3v) is 2.89. The van der Waals surface area contributed by atoms with Crippen LogP contribution in [0.1, 0.15) is 19.8 Å². The van der Waals surface area contributed by atoms with Gasteiger partial charge in [0.25, 0.3) is 0 Å². The molecule has 0 saturated heterocycles. The van der Waals surface area contributed by atoms with Crippen molar-refractivity contribution in [3.63, 3.8) is 0 Å². The molecule has 0 saturated carbocycles. The average Bonchev–Trinajstić information content (AvgIpc) is 2.41. The number of rotatable bonds is 6. The van der Waals surface area contributed by atoms with Gasteiger partial charge in [0.2, 0.25) is 5.82 Å². The van der Waals surface area contributed by atoms with Crippen molar-refractivity contribution in [2.24, 2.45) is 5.92 Å². The van der Waals surface area contributed by atoms with E-state index in [0.717, 1.165) is 0 Å². The van der Waals surface area contributed by atoms with Crippen molar-refractivity contribution < 1.29 is 27.1 Å². The van der Waals surface area contributed by atoms with E-state index < -0.39 is 34.8 Å². The van der Waals surface area contributed by atoms with Crippen molar-refractivity contribution in [2.75, 3.05) is 18.5 Å². The van der Waals surface area contributed by atoms with Gasteiger partial charge in [0.05, 0.1) is 0 Å². The van der Waals surface area contributed by atoms with E-state index in [4.69, 9.17) is 5.11 Å². The van der Waals surface area contributed by atoms with Crippen LogP contribution in [-0.2, 0) is 0 Å². The molecule has 0 aromatic heterocycles. The van der Waals surface area contributed by atoms with Gasteiger partial charge in [0.15, 0.2) is 23.3 Å². The van der Waals surface area contributed by atoms with Gasteiger partial charge in [-0.1, -0.05) is 13.3 Å². The monoisotopic (exact) mass is 283 g/mol. The smallest absolute Gasteiger partial charge is 0.200 e. The molecule has 7 heteroatoms. The molecule has 1 atom stereocenters. The lowest BCUT2D eigenvalue weighted by Crippen LogP contribution is -2.18. The Morgan fingerprint density at radius 1 is 0.947 bits per heavy atom. The van der Waals surface area contributed by atoms with Gasteiger partial charge < -0.3 is 10.4 Å². The summed E-state index contributed by atoms with van der Waals surface area (Å²) in [5.41, 5.74) is -1.03. The second-order valence-electron chi connectivity index (χ2n) is 4.11. The van der Waals surface area contributed by atoms with Crippen LogP contribution in [0.2, 0.25) is 0 Å². The third-order valence-electron chi connectivity index (χ3n) is 2.89. The lowest BCUT2D eigenvalue weighted by atomic mass is 10.0. The Bertz CT molecular complexity index is 423. The number of hydrogen-bond donors (Lipinski definition) is 2. The van der Waals surface area contributed by atoms with Crippen molar-refractivity contribution in [3.8, 4) is 0 Å². The first kappa shape index (κ1) is 15.7. The van der Waals surface area contributed by atoms with E-state index in [1.807, 2.05) is 0 Å². The van der Waals surface area contributed by atoms with Crippen LogP contribution in [0.3, 0.4) is 0 Å². The molecule has 19 heavy (non-hydrogen) atoms. The number of hydrogen-bond acceptors (Lipinski definition) is 2. The lowest BCUT2D eigenvalue weighted by molar-refractivity contribution is 0.258. The molecule has 0 bridgehead atoms. The largest absolute Gasteiger partial charge is 0.396 e. The summed E-state index contributed by atoms with van der Waals surface area (Å²) < 4.78 is 65.2. The van der Waals surface area contributed by atoms with Gasteiger partial charge in [-0.3, -0.25) is 0 Å². The topological polar surface area (TPSA) is 32.3 Å². The molecule has 0 radical (unpaired) electrons. The minimum Gasteiger partial charge on any atom is -0.396 e. The van der Waals surface area contributed by atoms with Crippen LogP contribution < -0.4 is 5.32 Å².